The second-order valence-electron chi connectivity index (χ2n) is 8.17. The monoisotopic (exact) mass is 422 g/mol. The molecule has 0 saturated carbocycles. The smallest absolute Gasteiger partial charge is 0.462 e. The Hall–Kier alpha value is -3.41. The lowest BCUT2D eigenvalue weighted by molar-refractivity contribution is 0.0498. The summed E-state index contributed by atoms with van der Waals surface area (Å²) in [6, 6.07) is 25.8. The third kappa shape index (κ3) is 3.81. The van der Waals surface area contributed by atoms with Crippen molar-refractivity contribution in [2.75, 3.05) is 6.61 Å². The Balaban J connectivity index is 1.23. The predicted molar refractivity (Wildman–Crippen MR) is 130 cm³/mol. The molecule has 0 bridgehead atoms. The number of aryl methyl sites for hydroxylation is 1. The van der Waals surface area contributed by atoms with Crippen LogP contribution in [0.15, 0.2) is 78.9 Å². The molecule has 5 rings (SSSR count). The number of unbranched alkanes of at least 4 members (excludes halogenated alkanes) is 1. The number of rotatable bonds is 7. The molecular weight excluding hydrogens is 399 g/mol. The van der Waals surface area contributed by atoms with Crippen LogP contribution in [-0.2, 0) is 11.2 Å². The molecule has 5 aromatic carbocycles. The molecule has 0 spiro atoms. The van der Waals surface area contributed by atoms with Crippen LogP contribution in [0.1, 0.15) is 28.8 Å². The van der Waals surface area contributed by atoms with Crippen molar-refractivity contribution in [1.29, 1.82) is 0 Å². The molecule has 2 N–H and O–H groups in total. The van der Waals surface area contributed by atoms with Crippen molar-refractivity contribution in [3.63, 3.8) is 0 Å². The zero-order valence-electron chi connectivity index (χ0n) is 17.6. The highest BCUT2D eigenvalue weighted by molar-refractivity contribution is 6.58. The van der Waals surface area contributed by atoms with Crippen LogP contribution in [0.4, 0.5) is 0 Å². The molecule has 0 aliphatic heterocycles. The van der Waals surface area contributed by atoms with Crippen LogP contribution < -0.4 is 5.46 Å². The van der Waals surface area contributed by atoms with E-state index in [1.54, 1.807) is 12.1 Å². The van der Waals surface area contributed by atoms with Crippen molar-refractivity contribution >= 4 is 50.9 Å². The average Bonchev–Trinajstić information content (AvgIpc) is 2.83. The van der Waals surface area contributed by atoms with Gasteiger partial charge >= 0.3 is 13.1 Å². The molecule has 0 atom stereocenters. The van der Waals surface area contributed by atoms with Gasteiger partial charge in [-0.3, -0.25) is 0 Å². The third-order valence-electron chi connectivity index (χ3n) is 6.14. The van der Waals surface area contributed by atoms with Crippen molar-refractivity contribution in [2.24, 2.45) is 0 Å². The van der Waals surface area contributed by atoms with Gasteiger partial charge in [-0.2, -0.15) is 0 Å². The van der Waals surface area contributed by atoms with Gasteiger partial charge in [0.05, 0.1) is 12.2 Å². The van der Waals surface area contributed by atoms with Crippen LogP contribution in [0.25, 0.3) is 32.3 Å². The van der Waals surface area contributed by atoms with E-state index in [0.717, 1.165) is 19.3 Å². The fourth-order valence-electron chi connectivity index (χ4n) is 4.47. The van der Waals surface area contributed by atoms with Gasteiger partial charge in [0.2, 0.25) is 0 Å². The van der Waals surface area contributed by atoms with E-state index in [9.17, 15) is 4.79 Å². The first-order chi connectivity index (χ1) is 15.6. The van der Waals surface area contributed by atoms with E-state index in [-0.39, 0.29) is 0 Å². The lowest BCUT2D eigenvalue weighted by Crippen LogP contribution is -2.29. The summed E-state index contributed by atoms with van der Waals surface area (Å²) >= 11 is 0. The molecule has 0 unspecified atom stereocenters. The first-order valence-electron chi connectivity index (χ1n) is 10.9. The minimum absolute atomic E-state index is 0.342. The Morgan fingerprint density at radius 3 is 2.12 bits per heavy atom. The number of esters is 1. The molecule has 32 heavy (non-hydrogen) atoms. The summed E-state index contributed by atoms with van der Waals surface area (Å²) in [5.74, 6) is -0.397. The van der Waals surface area contributed by atoms with E-state index >= 15 is 0 Å². The van der Waals surface area contributed by atoms with Gasteiger partial charge in [-0.25, -0.2) is 4.79 Å². The number of hydrogen-bond acceptors (Lipinski definition) is 4. The lowest BCUT2D eigenvalue weighted by Gasteiger charge is -2.14. The van der Waals surface area contributed by atoms with Gasteiger partial charge < -0.3 is 14.8 Å². The van der Waals surface area contributed by atoms with Gasteiger partial charge in [-0.1, -0.05) is 66.7 Å². The molecule has 4 nitrogen and oxygen atoms in total. The third-order valence-corrected chi connectivity index (χ3v) is 6.14. The van der Waals surface area contributed by atoms with Crippen molar-refractivity contribution in [3.8, 4) is 0 Å². The van der Waals surface area contributed by atoms with Gasteiger partial charge in [0.15, 0.2) is 0 Å². The Kier molecular flexibility index (Phi) is 5.52. The number of benzene rings is 5. The summed E-state index contributed by atoms with van der Waals surface area (Å²) < 4.78 is 5.38. The van der Waals surface area contributed by atoms with Crippen LogP contribution in [0.2, 0.25) is 0 Å². The zero-order chi connectivity index (χ0) is 22.1. The molecule has 0 aliphatic carbocycles. The van der Waals surface area contributed by atoms with E-state index in [2.05, 4.69) is 54.6 Å². The largest absolute Gasteiger partial charge is 0.488 e. The Labute approximate surface area is 186 Å². The minimum Gasteiger partial charge on any atom is -0.462 e. The Morgan fingerprint density at radius 2 is 1.41 bits per heavy atom. The van der Waals surface area contributed by atoms with Crippen LogP contribution in [-0.4, -0.2) is 29.7 Å². The van der Waals surface area contributed by atoms with Crippen molar-refractivity contribution in [3.05, 3.63) is 90.0 Å². The standard InChI is InChI=1S/C27H23BO4/c29-27(22-11-14-23(15-12-22)28(30)31)32-17-2-1-4-18-7-8-21-10-9-19-5-3-6-20-13-16-24(18)26(21)25(19)20/h3,5-16,30-31H,1-2,4,17H2. The van der Waals surface area contributed by atoms with Crippen LogP contribution >= 0.6 is 0 Å². The Bertz CT molecular complexity index is 1380. The maximum absolute atomic E-state index is 12.2. The predicted octanol–water partition coefficient (Wildman–Crippen LogP) is 4.44. The van der Waals surface area contributed by atoms with E-state index in [0.29, 0.717) is 17.6 Å². The summed E-state index contributed by atoms with van der Waals surface area (Å²) in [7, 11) is -1.54. The quantitative estimate of drug-likeness (QED) is 0.176. The number of carbonyl (C=O) groups excluding carboxylic acids is 1. The molecule has 0 aliphatic rings. The molecule has 158 valence electrons. The topological polar surface area (TPSA) is 66.8 Å². The molecule has 5 aromatic rings. The normalized spacial score (nSPS) is 11.4. The van der Waals surface area contributed by atoms with E-state index in [4.69, 9.17) is 14.8 Å². The highest BCUT2D eigenvalue weighted by atomic mass is 16.5. The average molecular weight is 422 g/mol. The Morgan fingerprint density at radius 1 is 0.750 bits per heavy atom. The molecular formula is C27H23BO4. The van der Waals surface area contributed by atoms with E-state index in [1.165, 1.54) is 50.0 Å². The molecule has 0 saturated heterocycles. The van der Waals surface area contributed by atoms with Gasteiger partial charge in [0.1, 0.15) is 0 Å². The fourth-order valence-corrected chi connectivity index (χ4v) is 4.47. The fraction of sp³-hybridized carbons (Fsp3) is 0.148. The molecule has 0 fully saturated rings. The maximum atomic E-state index is 12.2. The summed E-state index contributed by atoms with van der Waals surface area (Å²) in [5.41, 5.74) is 2.07. The van der Waals surface area contributed by atoms with Gasteiger partial charge in [0, 0.05) is 0 Å². The van der Waals surface area contributed by atoms with Gasteiger partial charge in [-0.05, 0) is 74.7 Å². The van der Waals surface area contributed by atoms with Crippen LogP contribution in [0, 0.1) is 0 Å². The first kappa shape index (κ1) is 20.5. The highest BCUT2D eigenvalue weighted by Crippen LogP contribution is 2.36. The highest BCUT2D eigenvalue weighted by Gasteiger charge is 2.13. The first-order valence-corrected chi connectivity index (χ1v) is 10.9. The van der Waals surface area contributed by atoms with Crippen LogP contribution in [0.5, 0.6) is 0 Å². The number of carbonyl (C=O) groups is 1. The molecule has 0 aromatic heterocycles. The maximum Gasteiger partial charge on any atom is 0.488 e. The summed E-state index contributed by atoms with van der Waals surface area (Å²) in [4.78, 5) is 12.2. The molecule has 0 heterocycles. The lowest BCUT2D eigenvalue weighted by atomic mass is 9.80. The molecule has 5 heteroatoms. The number of hydrogen-bond donors (Lipinski definition) is 2. The summed E-state index contributed by atoms with van der Waals surface area (Å²) in [6.45, 7) is 0.356. The van der Waals surface area contributed by atoms with E-state index < -0.39 is 13.1 Å². The van der Waals surface area contributed by atoms with E-state index in [1.807, 2.05) is 0 Å². The SMILES string of the molecule is O=C(OCCCCc1ccc2ccc3cccc4ccc1c2c34)c1ccc(B(O)O)cc1. The minimum atomic E-state index is -1.54. The second kappa shape index (κ2) is 8.62. The second-order valence-corrected chi connectivity index (χ2v) is 8.17. The summed E-state index contributed by atoms with van der Waals surface area (Å²) in [6.07, 6.45) is 2.63. The van der Waals surface area contributed by atoms with Crippen molar-refractivity contribution in [2.45, 2.75) is 19.3 Å². The van der Waals surface area contributed by atoms with Crippen molar-refractivity contribution in [1.82, 2.24) is 0 Å². The van der Waals surface area contributed by atoms with Crippen molar-refractivity contribution < 1.29 is 19.6 Å². The molecule has 0 radical (unpaired) electrons. The number of ether oxygens (including phenoxy) is 1. The van der Waals surface area contributed by atoms with Gasteiger partial charge in [-0.15, -0.1) is 0 Å². The van der Waals surface area contributed by atoms with Crippen LogP contribution in [0.3, 0.4) is 0 Å². The van der Waals surface area contributed by atoms with Gasteiger partial charge in [0.25, 0.3) is 0 Å². The summed E-state index contributed by atoms with van der Waals surface area (Å²) in [5, 5.41) is 26.0. The molecule has 0 amide bonds. The zero-order valence-corrected chi connectivity index (χ0v) is 17.6.